The highest BCUT2D eigenvalue weighted by atomic mass is 16.4. The lowest BCUT2D eigenvalue weighted by molar-refractivity contribution is -0.805. The standard InChI is InChI=1S/C9H16N3O6/c13-4-1-7-8(16)10(2-5-14)12(18)11(3-6-15)9(7)17/h7,13-15H,1-6H2/q+1. The van der Waals surface area contributed by atoms with E-state index in [1.165, 1.54) is 0 Å². The number of rotatable bonds is 6. The van der Waals surface area contributed by atoms with Crippen LogP contribution in [0.1, 0.15) is 6.42 Å². The molecule has 0 bridgehead atoms. The highest BCUT2D eigenvalue weighted by Gasteiger charge is 2.51. The van der Waals surface area contributed by atoms with Crippen LogP contribution in [0, 0.1) is 10.8 Å². The molecule has 1 aliphatic heterocycles. The third-order valence-corrected chi connectivity index (χ3v) is 2.56. The zero-order valence-electron chi connectivity index (χ0n) is 9.73. The first-order valence-corrected chi connectivity index (χ1v) is 5.50. The number of amides is 2. The second-order valence-electron chi connectivity index (χ2n) is 3.69. The van der Waals surface area contributed by atoms with E-state index in [0.717, 1.165) is 0 Å². The van der Waals surface area contributed by atoms with Gasteiger partial charge >= 0.3 is 0 Å². The molecule has 2 amide bonds. The minimum atomic E-state index is -1.15. The largest absolute Gasteiger partial charge is 0.396 e. The van der Waals surface area contributed by atoms with Crippen molar-refractivity contribution < 1.29 is 29.9 Å². The van der Waals surface area contributed by atoms with E-state index < -0.39 is 30.9 Å². The Morgan fingerprint density at radius 2 is 1.39 bits per heavy atom. The number of carbonyl (C=O) groups is 2. The van der Waals surface area contributed by atoms with Gasteiger partial charge in [-0.15, -0.1) is 0 Å². The summed E-state index contributed by atoms with van der Waals surface area (Å²) in [5, 5.41) is 27.8. The minimum Gasteiger partial charge on any atom is -0.396 e. The molecule has 1 saturated heterocycles. The van der Waals surface area contributed by atoms with Gasteiger partial charge < -0.3 is 15.3 Å². The summed E-state index contributed by atoms with van der Waals surface area (Å²) in [6, 6.07) is 0. The van der Waals surface area contributed by atoms with E-state index in [1.807, 2.05) is 0 Å². The zero-order chi connectivity index (χ0) is 13.7. The van der Waals surface area contributed by atoms with Gasteiger partial charge in [0, 0.05) is 6.61 Å². The Morgan fingerprint density at radius 1 is 0.944 bits per heavy atom. The monoisotopic (exact) mass is 262 g/mol. The summed E-state index contributed by atoms with van der Waals surface area (Å²) in [4.78, 5) is 35.4. The molecule has 0 aromatic heterocycles. The number of carbonyl (C=O) groups excluding carboxylic acids is 2. The molecule has 0 atom stereocenters. The van der Waals surface area contributed by atoms with Crippen molar-refractivity contribution in [2.24, 2.45) is 5.92 Å². The lowest BCUT2D eigenvalue weighted by atomic mass is 10.0. The fraction of sp³-hybridized carbons (Fsp3) is 0.778. The minimum absolute atomic E-state index is 0.0466. The van der Waals surface area contributed by atoms with E-state index in [2.05, 4.69) is 0 Å². The molecule has 0 aliphatic carbocycles. The first kappa shape index (κ1) is 14.5. The Morgan fingerprint density at radius 3 is 1.72 bits per heavy atom. The molecule has 0 radical (unpaired) electrons. The molecule has 0 saturated carbocycles. The zero-order valence-corrected chi connectivity index (χ0v) is 9.73. The maximum atomic E-state index is 11.8. The highest BCUT2D eigenvalue weighted by molar-refractivity contribution is 6.00. The van der Waals surface area contributed by atoms with Crippen molar-refractivity contribution in [3.63, 3.8) is 0 Å². The van der Waals surface area contributed by atoms with Gasteiger partial charge in [-0.3, -0.25) is 9.59 Å². The second-order valence-corrected chi connectivity index (χ2v) is 3.69. The third kappa shape index (κ3) is 2.63. The third-order valence-electron chi connectivity index (χ3n) is 2.56. The molecule has 0 unspecified atom stereocenters. The van der Waals surface area contributed by atoms with E-state index >= 15 is 0 Å². The van der Waals surface area contributed by atoms with Crippen molar-refractivity contribution >= 4 is 11.8 Å². The number of β-amino-alcohol motifs (C(OH)–C–C–N with tert-alkyl or cyclic N) is 2. The molecule has 9 heteroatoms. The van der Waals surface area contributed by atoms with E-state index in [4.69, 9.17) is 15.3 Å². The molecule has 1 aliphatic rings. The second kappa shape index (κ2) is 6.38. The van der Waals surface area contributed by atoms with Gasteiger partial charge in [-0.1, -0.05) is 0 Å². The normalized spacial score (nSPS) is 17.8. The molecule has 0 aromatic carbocycles. The molecule has 18 heavy (non-hydrogen) atoms. The predicted octanol–water partition coefficient (Wildman–Crippen LogP) is -2.75. The molecule has 1 rings (SSSR count). The molecular formula is C9H16N3O6+. The lowest BCUT2D eigenvalue weighted by Crippen LogP contribution is -2.62. The van der Waals surface area contributed by atoms with Crippen LogP contribution in [-0.2, 0) is 9.59 Å². The Bertz CT molecular complexity index is 277. The Hall–Kier alpha value is -1.58. The van der Waals surface area contributed by atoms with Gasteiger partial charge in [0.25, 0.3) is 16.8 Å². The lowest BCUT2D eigenvalue weighted by Gasteiger charge is -2.27. The van der Waals surface area contributed by atoms with Crippen LogP contribution in [0.15, 0.2) is 0 Å². The maximum Gasteiger partial charge on any atom is 0.298 e. The molecular weight excluding hydrogens is 246 g/mol. The summed E-state index contributed by atoms with van der Waals surface area (Å²) in [6.07, 6.45) is -0.102. The molecule has 0 aromatic rings. The van der Waals surface area contributed by atoms with Crippen LogP contribution >= 0.6 is 0 Å². The Labute approximate surface area is 103 Å². The Balaban J connectivity index is 2.98. The molecule has 3 N–H and O–H groups in total. The first-order chi connectivity index (χ1) is 8.58. The fourth-order valence-corrected chi connectivity index (χ4v) is 1.72. The molecule has 9 nitrogen and oxygen atoms in total. The molecule has 1 heterocycles. The summed E-state index contributed by atoms with van der Waals surface area (Å²) < 4.78 is 0. The number of aliphatic hydroxyl groups is 3. The predicted molar refractivity (Wildman–Crippen MR) is 56.4 cm³/mol. The number of nitrogens with zero attached hydrogens (tertiary/aromatic N) is 3. The van der Waals surface area contributed by atoms with Crippen molar-refractivity contribution in [3.8, 4) is 0 Å². The van der Waals surface area contributed by atoms with E-state index in [1.54, 1.807) is 0 Å². The highest BCUT2D eigenvalue weighted by Crippen LogP contribution is 2.18. The van der Waals surface area contributed by atoms with E-state index in [0.29, 0.717) is 10.0 Å². The summed E-state index contributed by atoms with van der Waals surface area (Å²) in [7, 11) is 0. The van der Waals surface area contributed by atoms with Crippen molar-refractivity contribution in [1.82, 2.24) is 10.0 Å². The number of hydrogen-bond acceptors (Lipinski definition) is 6. The topological polar surface area (TPSA) is 121 Å². The van der Waals surface area contributed by atoms with Crippen LogP contribution in [0.4, 0.5) is 0 Å². The van der Waals surface area contributed by atoms with Gasteiger partial charge in [-0.05, 0) is 16.4 Å². The quantitative estimate of drug-likeness (QED) is 0.352. The van der Waals surface area contributed by atoms with Crippen molar-refractivity contribution in [1.29, 1.82) is 0 Å². The van der Waals surface area contributed by atoms with Crippen molar-refractivity contribution in [3.05, 3.63) is 4.91 Å². The van der Waals surface area contributed by atoms with Crippen molar-refractivity contribution in [2.75, 3.05) is 32.9 Å². The van der Waals surface area contributed by atoms with Crippen LogP contribution < -0.4 is 0 Å². The maximum absolute atomic E-state index is 11.8. The molecule has 0 spiro atoms. The van der Waals surface area contributed by atoms with Gasteiger partial charge in [0.1, 0.15) is 19.0 Å². The summed E-state index contributed by atoms with van der Waals surface area (Å²) in [5.74, 6) is -2.67. The van der Waals surface area contributed by atoms with Crippen LogP contribution in [-0.4, -0.2) is 75.0 Å². The van der Waals surface area contributed by atoms with Crippen LogP contribution in [0.5, 0.6) is 0 Å². The number of hydrazine groups is 2. The van der Waals surface area contributed by atoms with Gasteiger partial charge in [0.05, 0.1) is 18.1 Å². The summed E-state index contributed by atoms with van der Waals surface area (Å²) in [5.41, 5.74) is 0. The Kier molecular flexibility index (Phi) is 5.13. The number of nitroso groups, excluding NO2 is 1. The van der Waals surface area contributed by atoms with Gasteiger partial charge in [-0.2, -0.15) is 0 Å². The average molecular weight is 262 g/mol. The van der Waals surface area contributed by atoms with Crippen LogP contribution in [0.3, 0.4) is 0 Å². The summed E-state index contributed by atoms with van der Waals surface area (Å²) in [6.45, 7) is -1.74. The van der Waals surface area contributed by atoms with Gasteiger partial charge in [0.2, 0.25) is 0 Å². The number of aliphatic hydroxyl groups excluding tert-OH is 3. The van der Waals surface area contributed by atoms with Crippen LogP contribution in [0.25, 0.3) is 0 Å². The SMILES string of the molecule is O=C1C(CCO)C(=O)N(CCO)[N+](=O)N1CCO. The van der Waals surface area contributed by atoms with Crippen molar-refractivity contribution in [2.45, 2.75) is 6.42 Å². The van der Waals surface area contributed by atoms with Crippen LogP contribution in [0.2, 0.25) is 0 Å². The van der Waals surface area contributed by atoms with E-state index in [9.17, 15) is 14.5 Å². The van der Waals surface area contributed by atoms with Gasteiger partial charge in [0.15, 0.2) is 0 Å². The first-order valence-electron chi connectivity index (χ1n) is 5.50. The molecule has 102 valence electrons. The average Bonchev–Trinajstić information content (AvgIpc) is 2.35. The smallest absolute Gasteiger partial charge is 0.298 e. The number of hydrogen-bond donors (Lipinski definition) is 3. The fourth-order valence-electron chi connectivity index (χ4n) is 1.72. The molecule has 1 fully saturated rings. The van der Waals surface area contributed by atoms with Gasteiger partial charge in [-0.25, -0.2) is 0 Å². The van der Waals surface area contributed by atoms with E-state index in [-0.39, 0.29) is 31.1 Å². The summed E-state index contributed by atoms with van der Waals surface area (Å²) >= 11 is 0.